The molecule has 0 saturated carbocycles. The molecule has 5 rings (SSSR count). The number of hydrogen-bond donors (Lipinski definition) is 1. The van der Waals surface area contributed by atoms with Crippen LogP contribution in [0.15, 0.2) is 21.1 Å². The Balaban J connectivity index is 1.60. The lowest BCUT2D eigenvalue weighted by Crippen LogP contribution is -2.39. The smallest absolute Gasteiger partial charge is 0.259 e. The van der Waals surface area contributed by atoms with Gasteiger partial charge in [-0.1, -0.05) is 5.16 Å². The standard InChI is InChI=1S/C21H24N4O3/c1-11-8-16(13(3)27-11)18-9-17(19-12(2)24-28-20(19)23-18)21(26)25-7-6-14-4-5-15(10-25)22-14/h8-9,14-15,22H,4-7,10H2,1-3H3. The molecule has 2 aliphatic rings. The summed E-state index contributed by atoms with van der Waals surface area (Å²) in [5.74, 6) is 1.60. The predicted octanol–water partition coefficient (Wildman–Crippen LogP) is 3.37. The van der Waals surface area contributed by atoms with Crippen LogP contribution in [0, 0.1) is 20.8 Å². The van der Waals surface area contributed by atoms with Crippen molar-refractivity contribution in [3.63, 3.8) is 0 Å². The van der Waals surface area contributed by atoms with E-state index in [2.05, 4.69) is 15.5 Å². The summed E-state index contributed by atoms with van der Waals surface area (Å²) in [7, 11) is 0. The van der Waals surface area contributed by atoms with E-state index >= 15 is 0 Å². The lowest BCUT2D eigenvalue weighted by atomic mass is 10.0. The van der Waals surface area contributed by atoms with Gasteiger partial charge in [-0.15, -0.1) is 0 Å². The molecular weight excluding hydrogens is 356 g/mol. The van der Waals surface area contributed by atoms with Gasteiger partial charge in [0.2, 0.25) is 0 Å². The number of hydrogen-bond acceptors (Lipinski definition) is 6. The van der Waals surface area contributed by atoms with Crippen molar-refractivity contribution in [2.75, 3.05) is 13.1 Å². The second kappa shape index (κ2) is 6.44. The van der Waals surface area contributed by atoms with Crippen LogP contribution in [0.25, 0.3) is 22.4 Å². The van der Waals surface area contributed by atoms with Crippen LogP contribution in [0.1, 0.15) is 46.8 Å². The molecule has 2 saturated heterocycles. The first kappa shape index (κ1) is 17.4. The lowest BCUT2D eigenvalue weighted by molar-refractivity contribution is 0.0750. The highest BCUT2D eigenvalue weighted by molar-refractivity contribution is 6.07. The summed E-state index contributed by atoms with van der Waals surface area (Å²) in [5, 5.41) is 8.39. The Hall–Kier alpha value is -2.67. The molecule has 1 amide bonds. The molecule has 2 aliphatic heterocycles. The third-order valence-electron chi connectivity index (χ3n) is 5.97. The summed E-state index contributed by atoms with van der Waals surface area (Å²) in [6.07, 6.45) is 3.33. The fourth-order valence-electron chi connectivity index (χ4n) is 4.58. The van der Waals surface area contributed by atoms with Gasteiger partial charge in [0.25, 0.3) is 11.6 Å². The molecular formula is C21H24N4O3. The van der Waals surface area contributed by atoms with E-state index in [1.165, 1.54) is 6.42 Å². The zero-order valence-electron chi connectivity index (χ0n) is 16.4. The number of aryl methyl sites for hydroxylation is 3. The SMILES string of the molecule is Cc1cc(-c2cc(C(=O)N3CCC4CCC(C3)N4)c3c(C)noc3n2)c(C)o1. The summed E-state index contributed by atoms with van der Waals surface area (Å²) in [6, 6.07) is 4.72. The second-order valence-corrected chi connectivity index (χ2v) is 8.01. The molecule has 5 heterocycles. The number of rotatable bonds is 2. The summed E-state index contributed by atoms with van der Waals surface area (Å²) in [5.41, 5.74) is 3.24. The van der Waals surface area contributed by atoms with Crippen molar-refractivity contribution in [1.82, 2.24) is 20.4 Å². The van der Waals surface area contributed by atoms with E-state index in [1.807, 2.05) is 37.8 Å². The first-order valence-corrected chi connectivity index (χ1v) is 9.89. The highest BCUT2D eigenvalue weighted by Crippen LogP contribution is 2.31. The van der Waals surface area contributed by atoms with Gasteiger partial charge in [-0.25, -0.2) is 4.98 Å². The van der Waals surface area contributed by atoms with Gasteiger partial charge in [0.1, 0.15) is 11.5 Å². The molecule has 2 fully saturated rings. The van der Waals surface area contributed by atoms with E-state index in [0.717, 1.165) is 43.0 Å². The van der Waals surface area contributed by atoms with Crippen molar-refractivity contribution in [3.05, 3.63) is 34.9 Å². The molecule has 0 aliphatic carbocycles. The predicted molar refractivity (Wildman–Crippen MR) is 104 cm³/mol. The van der Waals surface area contributed by atoms with Crippen molar-refractivity contribution in [1.29, 1.82) is 0 Å². The van der Waals surface area contributed by atoms with Crippen LogP contribution in [-0.2, 0) is 0 Å². The largest absolute Gasteiger partial charge is 0.466 e. The molecule has 7 nitrogen and oxygen atoms in total. The number of carbonyl (C=O) groups excluding carboxylic acids is 1. The van der Waals surface area contributed by atoms with Crippen LogP contribution in [0.3, 0.4) is 0 Å². The molecule has 2 atom stereocenters. The van der Waals surface area contributed by atoms with Gasteiger partial charge in [-0.3, -0.25) is 4.79 Å². The number of amides is 1. The van der Waals surface area contributed by atoms with E-state index in [1.54, 1.807) is 0 Å². The van der Waals surface area contributed by atoms with Gasteiger partial charge in [0.15, 0.2) is 0 Å². The quantitative estimate of drug-likeness (QED) is 0.734. The normalized spacial score (nSPS) is 22.0. The topological polar surface area (TPSA) is 84.4 Å². The Kier molecular flexibility index (Phi) is 4.01. The van der Waals surface area contributed by atoms with Crippen LogP contribution in [0.2, 0.25) is 0 Å². The van der Waals surface area contributed by atoms with E-state index in [-0.39, 0.29) is 5.91 Å². The highest BCUT2D eigenvalue weighted by atomic mass is 16.5. The average molecular weight is 380 g/mol. The van der Waals surface area contributed by atoms with E-state index in [4.69, 9.17) is 8.94 Å². The van der Waals surface area contributed by atoms with Crippen LogP contribution in [-0.4, -0.2) is 46.1 Å². The third-order valence-corrected chi connectivity index (χ3v) is 5.97. The number of fused-ring (bicyclic) bond motifs is 3. The third kappa shape index (κ3) is 2.81. The van der Waals surface area contributed by atoms with Gasteiger partial charge in [-0.2, -0.15) is 0 Å². The number of aromatic nitrogens is 2. The number of furan rings is 1. The maximum absolute atomic E-state index is 13.5. The monoisotopic (exact) mass is 380 g/mol. The molecule has 3 aromatic rings. The first-order chi connectivity index (χ1) is 13.5. The van der Waals surface area contributed by atoms with E-state index in [9.17, 15) is 4.79 Å². The zero-order chi connectivity index (χ0) is 19.4. The number of nitrogens with one attached hydrogen (secondary N) is 1. The van der Waals surface area contributed by atoms with Gasteiger partial charge >= 0.3 is 0 Å². The molecule has 7 heteroatoms. The van der Waals surface area contributed by atoms with Crippen LogP contribution in [0.4, 0.5) is 0 Å². The zero-order valence-corrected chi connectivity index (χ0v) is 16.4. The Morgan fingerprint density at radius 3 is 2.79 bits per heavy atom. The molecule has 28 heavy (non-hydrogen) atoms. The molecule has 1 N–H and O–H groups in total. The minimum absolute atomic E-state index is 0.0205. The van der Waals surface area contributed by atoms with Gasteiger partial charge < -0.3 is 19.2 Å². The summed E-state index contributed by atoms with van der Waals surface area (Å²) >= 11 is 0. The van der Waals surface area contributed by atoms with Crippen molar-refractivity contribution in [2.24, 2.45) is 0 Å². The van der Waals surface area contributed by atoms with Gasteiger partial charge in [0, 0.05) is 30.7 Å². The average Bonchev–Trinajstić information content (AvgIpc) is 3.31. The van der Waals surface area contributed by atoms with Gasteiger partial charge in [0.05, 0.1) is 22.3 Å². The maximum atomic E-state index is 13.5. The Morgan fingerprint density at radius 2 is 2.00 bits per heavy atom. The van der Waals surface area contributed by atoms with Crippen LogP contribution < -0.4 is 5.32 Å². The fourth-order valence-corrected chi connectivity index (χ4v) is 4.58. The van der Waals surface area contributed by atoms with Crippen molar-refractivity contribution in [2.45, 2.75) is 52.1 Å². The van der Waals surface area contributed by atoms with E-state index in [0.29, 0.717) is 40.1 Å². The van der Waals surface area contributed by atoms with Crippen LogP contribution in [0.5, 0.6) is 0 Å². The molecule has 146 valence electrons. The van der Waals surface area contributed by atoms with Crippen molar-refractivity contribution in [3.8, 4) is 11.3 Å². The Labute approximate surface area is 163 Å². The molecule has 0 spiro atoms. The van der Waals surface area contributed by atoms with E-state index < -0.39 is 0 Å². The molecule has 2 bridgehead atoms. The number of carbonyl (C=O) groups is 1. The number of pyridine rings is 1. The minimum atomic E-state index is 0.0205. The Bertz CT molecular complexity index is 1070. The van der Waals surface area contributed by atoms with Crippen molar-refractivity contribution < 1.29 is 13.7 Å². The minimum Gasteiger partial charge on any atom is -0.466 e. The van der Waals surface area contributed by atoms with Crippen molar-refractivity contribution >= 4 is 17.0 Å². The molecule has 0 aromatic carbocycles. The summed E-state index contributed by atoms with van der Waals surface area (Å²) in [6.45, 7) is 7.16. The van der Waals surface area contributed by atoms with Crippen LogP contribution >= 0.6 is 0 Å². The number of likely N-dealkylation sites (tertiary alicyclic amines) is 1. The highest BCUT2D eigenvalue weighted by Gasteiger charge is 2.33. The molecule has 0 radical (unpaired) electrons. The van der Waals surface area contributed by atoms with Gasteiger partial charge in [-0.05, 0) is 52.2 Å². The summed E-state index contributed by atoms with van der Waals surface area (Å²) in [4.78, 5) is 20.1. The fraction of sp³-hybridized carbons (Fsp3) is 0.476. The maximum Gasteiger partial charge on any atom is 0.259 e. The Morgan fingerprint density at radius 1 is 1.18 bits per heavy atom. The lowest BCUT2D eigenvalue weighted by Gasteiger charge is -2.24. The first-order valence-electron chi connectivity index (χ1n) is 9.89. The number of nitrogens with zero attached hydrogens (tertiary/aromatic N) is 3. The molecule has 3 aromatic heterocycles. The second-order valence-electron chi connectivity index (χ2n) is 8.01. The molecule has 2 unspecified atom stereocenters. The summed E-state index contributed by atoms with van der Waals surface area (Å²) < 4.78 is 11.1.